The van der Waals surface area contributed by atoms with Crippen LogP contribution in [0, 0.1) is 0 Å². The highest BCUT2D eigenvalue weighted by Gasteiger charge is 2.33. The van der Waals surface area contributed by atoms with Gasteiger partial charge in [0, 0.05) is 20.2 Å². The van der Waals surface area contributed by atoms with E-state index < -0.39 is 10.0 Å². The van der Waals surface area contributed by atoms with E-state index in [0.29, 0.717) is 11.6 Å². The van der Waals surface area contributed by atoms with Crippen molar-refractivity contribution in [2.45, 2.75) is 4.90 Å². The molecule has 0 aliphatic carbocycles. The second-order valence-corrected chi connectivity index (χ2v) is 5.82. The zero-order valence-electron chi connectivity index (χ0n) is 9.38. The predicted molar refractivity (Wildman–Crippen MR) is 55.8 cm³/mol. The summed E-state index contributed by atoms with van der Waals surface area (Å²) in [6, 6.07) is 1.82. The first kappa shape index (κ1) is 13.7. The van der Waals surface area contributed by atoms with Crippen LogP contribution in [0.4, 0.5) is 5.69 Å². The molecule has 1 aromatic heterocycles. The minimum Gasteiger partial charge on any atom is -1.00 e. The largest absolute Gasteiger partial charge is 1.00 e. The molecule has 0 spiro atoms. The maximum Gasteiger partial charge on any atom is 0.252 e. The molecule has 0 aromatic carbocycles. The number of nitrogens with zero attached hydrogens (tertiary/aromatic N) is 3. The summed E-state index contributed by atoms with van der Waals surface area (Å²) in [6.07, 6.45) is 3.48. The highest BCUT2D eigenvalue weighted by atomic mass is 127. The van der Waals surface area contributed by atoms with E-state index in [4.69, 9.17) is 0 Å². The fourth-order valence-corrected chi connectivity index (χ4v) is 3.15. The number of sulfonamides is 1. The molecular formula is C9H14IN3O2S. The predicted octanol–water partition coefficient (Wildman–Crippen LogP) is -3.46. The van der Waals surface area contributed by atoms with Crippen molar-refractivity contribution in [3.8, 4) is 0 Å². The molecule has 0 amide bonds. The summed E-state index contributed by atoms with van der Waals surface area (Å²) in [4.78, 5) is 2.28. The van der Waals surface area contributed by atoms with Crippen molar-refractivity contribution in [1.82, 2.24) is 4.31 Å². The second kappa shape index (κ2) is 4.46. The number of hydrogen-bond acceptors (Lipinski definition) is 3. The van der Waals surface area contributed by atoms with Crippen LogP contribution in [0.2, 0.25) is 0 Å². The molecule has 0 radical (unpaired) electrons. The third-order valence-corrected chi connectivity index (χ3v) is 4.36. The Morgan fingerprint density at radius 1 is 1.38 bits per heavy atom. The molecule has 1 aliphatic rings. The molecule has 5 nitrogen and oxygen atoms in total. The van der Waals surface area contributed by atoms with Crippen molar-refractivity contribution in [2.75, 3.05) is 25.7 Å². The van der Waals surface area contributed by atoms with Gasteiger partial charge in [0.1, 0.15) is 7.05 Å². The summed E-state index contributed by atoms with van der Waals surface area (Å²) in [7, 11) is 1.97. The van der Waals surface area contributed by atoms with Crippen LogP contribution in [0.3, 0.4) is 0 Å². The molecule has 1 aliphatic heterocycles. The molecule has 7 heteroatoms. The molecule has 0 saturated carbocycles. The van der Waals surface area contributed by atoms with Crippen molar-refractivity contribution in [3.63, 3.8) is 0 Å². The summed E-state index contributed by atoms with van der Waals surface area (Å²) in [5.74, 6) is 0. The first-order chi connectivity index (χ1) is 6.93. The van der Waals surface area contributed by atoms with Crippen LogP contribution in [0.1, 0.15) is 0 Å². The Hall–Kier alpha value is -0.410. The summed E-state index contributed by atoms with van der Waals surface area (Å²) in [5.41, 5.74) is 0.756. The third kappa shape index (κ3) is 2.03. The molecule has 0 bridgehead atoms. The Morgan fingerprint density at radius 3 is 2.62 bits per heavy atom. The van der Waals surface area contributed by atoms with Crippen LogP contribution < -0.4 is 33.4 Å². The van der Waals surface area contributed by atoms with Gasteiger partial charge in [-0.05, 0) is 0 Å². The van der Waals surface area contributed by atoms with Crippen molar-refractivity contribution in [1.29, 1.82) is 0 Å². The van der Waals surface area contributed by atoms with Crippen LogP contribution in [0.25, 0.3) is 0 Å². The van der Waals surface area contributed by atoms with E-state index in [-0.39, 0.29) is 24.0 Å². The minimum atomic E-state index is -3.31. The van der Waals surface area contributed by atoms with Gasteiger partial charge in [0.25, 0.3) is 10.0 Å². The molecule has 0 N–H and O–H groups in total. The Bertz CT molecular complexity index is 503. The average molecular weight is 355 g/mol. The lowest BCUT2D eigenvalue weighted by atomic mass is 10.4. The molecule has 1 aromatic rings. The Morgan fingerprint density at radius 2 is 2.00 bits per heavy atom. The lowest BCUT2D eigenvalue weighted by Gasteiger charge is -2.31. The summed E-state index contributed by atoms with van der Waals surface area (Å²) in [5, 5.41) is 0. The number of rotatable bonds is 0. The number of anilines is 1. The number of aromatic nitrogens is 1. The highest BCUT2D eigenvalue weighted by Crippen LogP contribution is 2.29. The number of aryl methyl sites for hydroxylation is 1. The zero-order chi connectivity index (χ0) is 11.2. The van der Waals surface area contributed by atoms with E-state index in [2.05, 4.69) is 0 Å². The van der Waals surface area contributed by atoms with E-state index in [9.17, 15) is 8.42 Å². The topological polar surface area (TPSA) is 44.5 Å². The Balaban J connectivity index is 0.00000128. The maximum atomic E-state index is 12.0. The molecule has 90 valence electrons. The maximum absolute atomic E-state index is 12.0. The summed E-state index contributed by atoms with van der Waals surface area (Å²) >= 11 is 0. The number of halogens is 1. The van der Waals surface area contributed by atoms with Gasteiger partial charge in [-0.2, -0.15) is 4.31 Å². The van der Waals surface area contributed by atoms with Crippen molar-refractivity contribution < 1.29 is 37.0 Å². The van der Waals surface area contributed by atoms with Crippen LogP contribution in [0.15, 0.2) is 23.4 Å². The van der Waals surface area contributed by atoms with E-state index >= 15 is 0 Å². The normalized spacial score (nSPS) is 18.8. The van der Waals surface area contributed by atoms with Gasteiger partial charge in [0.2, 0.25) is 0 Å². The lowest BCUT2D eigenvalue weighted by Crippen LogP contribution is -3.00. The van der Waals surface area contributed by atoms with Crippen molar-refractivity contribution in [2.24, 2.45) is 7.05 Å². The van der Waals surface area contributed by atoms with E-state index in [1.54, 1.807) is 17.8 Å². The Labute approximate surface area is 113 Å². The molecule has 0 fully saturated rings. The number of hydrogen-bond donors (Lipinski definition) is 0. The molecule has 0 unspecified atom stereocenters. The molecule has 0 saturated heterocycles. The van der Waals surface area contributed by atoms with Gasteiger partial charge < -0.3 is 28.9 Å². The van der Waals surface area contributed by atoms with Gasteiger partial charge in [-0.15, -0.1) is 0 Å². The highest BCUT2D eigenvalue weighted by molar-refractivity contribution is 7.89. The van der Waals surface area contributed by atoms with Crippen LogP contribution in [-0.4, -0.2) is 33.5 Å². The minimum absolute atomic E-state index is 0. The van der Waals surface area contributed by atoms with Gasteiger partial charge in [-0.1, -0.05) is 0 Å². The van der Waals surface area contributed by atoms with Gasteiger partial charge in [0.15, 0.2) is 17.3 Å². The van der Waals surface area contributed by atoms with E-state index in [1.165, 1.54) is 4.31 Å². The molecule has 2 rings (SSSR count). The van der Waals surface area contributed by atoms with Crippen molar-refractivity contribution >= 4 is 15.7 Å². The first-order valence-electron chi connectivity index (χ1n) is 4.59. The number of pyridine rings is 1. The Kier molecular flexibility index (Phi) is 3.80. The average Bonchev–Trinajstić information content (AvgIpc) is 2.15. The molecule has 16 heavy (non-hydrogen) atoms. The van der Waals surface area contributed by atoms with Gasteiger partial charge in [-0.25, -0.2) is 13.0 Å². The van der Waals surface area contributed by atoms with Gasteiger partial charge >= 0.3 is 0 Å². The van der Waals surface area contributed by atoms with Gasteiger partial charge in [-0.3, -0.25) is 0 Å². The lowest BCUT2D eigenvalue weighted by molar-refractivity contribution is -0.673. The van der Waals surface area contributed by atoms with Crippen LogP contribution in [-0.2, 0) is 17.1 Å². The summed E-state index contributed by atoms with van der Waals surface area (Å²) < 4.78 is 27.1. The van der Waals surface area contributed by atoms with Crippen molar-refractivity contribution in [3.05, 3.63) is 18.5 Å². The van der Waals surface area contributed by atoms with E-state index in [1.807, 2.05) is 31.3 Å². The quantitative estimate of drug-likeness (QED) is 0.359. The molecule has 0 atom stereocenters. The van der Waals surface area contributed by atoms with Crippen LogP contribution in [0.5, 0.6) is 0 Å². The summed E-state index contributed by atoms with van der Waals surface area (Å²) in [6.45, 7) is 0.392. The van der Waals surface area contributed by atoms with Crippen LogP contribution >= 0.6 is 0 Å². The molecule has 2 heterocycles. The zero-order valence-corrected chi connectivity index (χ0v) is 12.4. The smallest absolute Gasteiger partial charge is 0.252 e. The third-order valence-electron chi connectivity index (χ3n) is 2.55. The number of fused-ring (bicyclic) bond motifs is 1. The monoisotopic (exact) mass is 355 g/mol. The first-order valence-corrected chi connectivity index (χ1v) is 6.03. The van der Waals surface area contributed by atoms with E-state index in [0.717, 1.165) is 5.69 Å². The SMILES string of the molecule is CN1CN(C)S(=O)(=O)c2c[n+](C)ccc21.[I-]. The second-order valence-electron chi connectivity index (χ2n) is 3.80. The fraction of sp³-hybridized carbons (Fsp3) is 0.444. The van der Waals surface area contributed by atoms with Gasteiger partial charge in [0.05, 0.1) is 12.4 Å². The standard InChI is InChI=1S/C9H14N3O2S.HI/c1-10-5-4-8-9(6-10)15(13,14)12(3)7-11(8)2;/h4-6H,7H2,1-3H3;1H/q+1;/p-1. The fourth-order valence-electron chi connectivity index (χ4n) is 1.70. The molecular weight excluding hydrogens is 341 g/mol.